The Morgan fingerprint density at radius 2 is 1.96 bits per heavy atom. The molecule has 1 aliphatic rings. The molecule has 1 aromatic carbocycles. The van der Waals surface area contributed by atoms with Crippen molar-refractivity contribution in [3.05, 3.63) is 35.1 Å². The van der Waals surface area contributed by atoms with E-state index in [4.69, 9.17) is 4.42 Å². The van der Waals surface area contributed by atoms with Crippen molar-refractivity contribution in [1.82, 2.24) is 4.90 Å². The summed E-state index contributed by atoms with van der Waals surface area (Å²) in [4.78, 5) is 14.0. The van der Waals surface area contributed by atoms with Crippen molar-refractivity contribution in [2.75, 3.05) is 19.1 Å². The van der Waals surface area contributed by atoms with Crippen LogP contribution in [-0.4, -0.2) is 44.3 Å². The van der Waals surface area contributed by atoms with Crippen LogP contribution >= 0.6 is 0 Å². The van der Waals surface area contributed by atoms with Gasteiger partial charge in [0.15, 0.2) is 0 Å². The van der Waals surface area contributed by atoms with E-state index in [2.05, 4.69) is 12.1 Å². The number of aryl methyl sites for hydroxylation is 2. The maximum atomic E-state index is 12.5. The van der Waals surface area contributed by atoms with Crippen LogP contribution in [0.2, 0.25) is 0 Å². The van der Waals surface area contributed by atoms with E-state index in [1.54, 1.807) is 20.2 Å². The minimum atomic E-state index is -3.12. The van der Waals surface area contributed by atoms with Gasteiger partial charge in [-0.05, 0) is 49.4 Å². The molecule has 1 heterocycles. The topological polar surface area (TPSA) is 67.6 Å². The predicted molar refractivity (Wildman–Crippen MR) is 93.9 cm³/mol. The first-order chi connectivity index (χ1) is 11.2. The van der Waals surface area contributed by atoms with E-state index in [9.17, 15) is 13.2 Å². The molecule has 24 heavy (non-hydrogen) atoms. The number of hydrogen-bond donors (Lipinski definition) is 0. The van der Waals surface area contributed by atoms with E-state index in [0.29, 0.717) is 0 Å². The summed E-state index contributed by atoms with van der Waals surface area (Å²) in [6.07, 6.45) is 6.39. The first-order valence-corrected chi connectivity index (χ1v) is 10.3. The second-order valence-electron chi connectivity index (χ2n) is 6.85. The van der Waals surface area contributed by atoms with Crippen molar-refractivity contribution in [3.8, 4) is 0 Å². The van der Waals surface area contributed by atoms with Crippen LogP contribution in [0.25, 0.3) is 11.0 Å². The summed E-state index contributed by atoms with van der Waals surface area (Å²) in [5.41, 5.74) is 4.37. The van der Waals surface area contributed by atoms with Crippen LogP contribution in [0.4, 0.5) is 0 Å². The molecule has 3 rings (SSSR count). The van der Waals surface area contributed by atoms with Gasteiger partial charge in [0.05, 0.1) is 18.4 Å². The zero-order valence-corrected chi connectivity index (χ0v) is 15.1. The fourth-order valence-corrected chi connectivity index (χ4v) is 4.47. The Balaban J connectivity index is 1.78. The molecule has 2 aromatic rings. The molecular weight excluding hydrogens is 326 g/mol. The van der Waals surface area contributed by atoms with Gasteiger partial charge in [0.25, 0.3) is 0 Å². The molecule has 0 N–H and O–H groups in total. The SMILES string of the molecule is CC(CS(C)(=O)=O)N(C)C(=O)Cc1coc2cc3c(cc12)CCC3. The van der Waals surface area contributed by atoms with Gasteiger partial charge < -0.3 is 9.32 Å². The Morgan fingerprint density at radius 3 is 2.62 bits per heavy atom. The van der Waals surface area contributed by atoms with Gasteiger partial charge in [0.2, 0.25) is 5.91 Å². The molecule has 0 spiro atoms. The van der Waals surface area contributed by atoms with Crippen LogP contribution in [0.1, 0.15) is 30.0 Å². The maximum Gasteiger partial charge on any atom is 0.227 e. The third kappa shape index (κ3) is 3.48. The zero-order chi connectivity index (χ0) is 17.5. The average molecular weight is 349 g/mol. The second-order valence-corrected chi connectivity index (χ2v) is 9.04. The van der Waals surface area contributed by atoms with Gasteiger partial charge in [-0.2, -0.15) is 0 Å². The number of benzene rings is 1. The lowest BCUT2D eigenvalue weighted by atomic mass is 10.0. The molecule has 0 saturated heterocycles. The molecule has 0 saturated carbocycles. The molecule has 5 nitrogen and oxygen atoms in total. The van der Waals surface area contributed by atoms with Crippen molar-refractivity contribution in [2.45, 2.75) is 38.6 Å². The number of amides is 1. The van der Waals surface area contributed by atoms with Crippen LogP contribution in [0, 0.1) is 0 Å². The van der Waals surface area contributed by atoms with E-state index in [1.807, 2.05) is 0 Å². The van der Waals surface area contributed by atoms with E-state index in [0.717, 1.165) is 29.4 Å². The number of hydrogen-bond acceptors (Lipinski definition) is 4. The molecule has 6 heteroatoms. The first kappa shape index (κ1) is 17.0. The lowest BCUT2D eigenvalue weighted by Crippen LogP contribution is -2.40. The Labute approximate surface area is 142 Å². The average Bonchev–Trinajstić information content (AvgIpc) is 3.09. The number of likely N-dealkylation sites (N-methyl/N-ethyl adjacent to an activating group) is 1. The van der Waals surface area contributed by atoms with Crippen molar-refractivity contribution in [1.29, 1.82) is 0 Å². The highest BCUT2D eigenvalue weighted by Gasteiger charge is 2.22. The van der Waals surface area contributed by atoms with Gasteiger partial charge in [0.1, 0.15) is 15.4 Å². The highest BCUT2D eigenvalue weighted by Crippen LogP contribution is 2.30. The summed E-state index contributed by atoms with van der Waals surface area (Å²) >= 11 is 0. The minimum absolute atomic E-state index is 0.0329. The second kappa shape index (κ2) is 6.24. The van der Waals surface area contributed by atoms with E-state index >= 15 is 0 Å². The molecule has 1 aromatic heterocycles. The van der Waals surface area contributed by atoms with Crippen LogP contribution in [0.5, 0.6) is 0 Å². The monoisotopic (exact) mass is 349 g/mol. The Bertz CT molecular complexity index is 882. The van der Waals surface area contributed by atoms with E-state index in [1.165, 1.54) is 28.7 Å². The molecular formula is C18H23NO4S. The number of carbonyl (C=O) groups is 1. The fraction of sp³-hybridized carbons (Fsp3) is 0.500. The molecule has 0 radical (unpaired) electrons. The van der Waals surface area contributed by atoms with Crippen molar-refractivity contribution in [3.63, 3.8) is 0 Å². The summed E-state index contributed by atoms with van der Waals surface area (Å²) in [5.74, 6) is -0.135. The van der Waals surface area contributed by atoms with Crippen molar-refractivity contribution >= 4 is 26.7 Å². The normalized spacial score (nSPS) is 15.5. The molecule has 1 amide bonds. The summed E-state index contributed by atoms with van der Waals surface area (Å²) in [6.45, 7) is 1.75. The van der Waals surface area contributed by atoms with Gasteiger partial charge in [0, 0.05) is 30.3 Å². The summed E-state index contributed by atoms with van der Waals surface area (Å²) in [6, 6.07) is 3.88. The fourth-order valence-electron chi connectivity index (χ4n) is 3.37. The number of nitrogens with zero attached hydrogens (tertiary/aromatic N) is 1. The van der Waals surface area contributed by atoms with Crippen LogP contribution in [-0.2, 0) is 33.9 Å². The van der Waals surface area contributed by atoms with Crippen LogP contribution in [0.15, 0.2) is 22.8 Å². The molecule has 130 valence electrons. The number of carbonyl (C=O) groups excluding carboxylic acids is 1. The number of fused-ring (bicyclic) bond motifs is 2. The molecule has 1 atom stereocenters. The molecule has 0 aliphatic heterocycles. The predicted octanol–water partition coefficient (Wildman–Crippen LogP) is 2.36. The summed E-state index contributed by atoms with van der Waals surface area (Å²) < 4.78 is 28.5. The third-order valence-electron chi connectivity index (χ3n) is 4.81. The van der Waals surface area contributed by atoms with Gasteiger partial charge >= 0.3 is 0 Å². The molecule has 0 bridgehead atoms. The lowest BCUT2D eigenvalue weighted by molar-refractivity contribution is -0.130. The van der Waals surface area contributed by atoms with E-state index < -0.39 is 9.84 Å². The van der Waals surface area contributed by atoms with Gasteiger partial charge in [-0.25, -0.2) is 8.42 Å². The summed E-state index contributed by atoms with van der Waals surface area (Å²) in [7, 11) is -1.47. The van der Waals surface area contributed by atoms with Crippen LogP contribution in [0.3, 0.4) is 0 Å². The minimum Gasteiger partial charge on any atom is -0.464 e. The largest absolute Gasteiger partial charge is 0.464 e. The highest BCUT2D eigenvalue weighted by molar-refractivity contribution is 7.90. The van der Waals surface area contributed by atoms with Gasteiger partial charge in [-0.15, -0.1) is 0 Å². The molecule has 1 unspecified atom stereocenters. The Hall–Kier alpha value is -1.82. The third-order valence-corrected chi connectivity index (χ3v) is 5.90. The summed E-state index contributed by atoms with van der Waals surface area (Å²) in [5, 5.41) is 0.994. The van der Waals surface area contributed by atoms with Gasteiger partial charge in [-0.1, -0.05) is 0 Å². The Kier molecular flexibility index (Phi) is 4.42. The standard InChI is InChI=1S/C18H23NO4S/c1-12(11-24(3,21)22)19(2)18(20)9-15-10-23-17-8-14-6-4-5-13(14)7-16(15)17/h7-8,10,12H,4-6,9,11H2,1-3H3. The smallest absolute Gasteiger partial charge is 0.227 e. The highest BCUT2D eigenvalue weighted by atomic mass is 32.2. The number of rotatable bonds is 5. The quantitative estimate of drug-likeness (QED) is 0.831. The first-order valence-electron chi connectivity index (χ1n) is 8.20. The van der Waals surface area contributed by atoms with E-state index in [-0.39, 0.29) is 24.1 Å². The van der Waals surface area contributed by atoms with Crippen molar-refractivity contribution < 1.29 is 17.6 Å². The Morgan fingerprint density at radius 1 is 1.29 bits per heavy atom. The zero-order valence-electron chi connectivity index (χ0n) is 14.3. The maximum absolute atomic E-state index is 12.5. The molecule has 0 fully saturated rings. The lowest BCUT2D eigenvalue weighted by Gasteiger charge is -2.24. The van der Waals surface area contributed by atoms with Crippen molar-refractivity contribution in [2.24, 2.45) is 0 Å². The van der Waals surface area contributed by atoms with Crippen LogP contribution < -0.4 is 0 Å². The molecule has 1 aliphatic carbocycles. The number of sulfone groups is 1. The number of furan rings is 1. The van der Waals surface area contributed by atoms with Gasteiger partial charge in [-0.3, -0.25) is 4.79 Å².